The lowest BCUT2D eigenvalue weighted by Crippen LogP contribution is -2.05. The molecule has 2 N–H and O–H groups in total. The molecule has 6 nitrogen and oxygen atoms in total. The molecule has 23 heavy (non-hydrogen) atoms. The van der Waals surface area contributed by atoms with Gasteiger partial charge in [-0.1, -0.05) is 11.8 Å². The van der Waals surface area contributed by atoms with E-state index in [0.717, 1.165) is 53.8 Å². The largest absolute Gasteiger partial charge is 0.481 e. The van der Waals surface area contributed by atoms with Gasteiger partial charge in [-0.05, 0) is 43.5 Å². The molecule has 1 aromatic carbocycles. The molecule has 116 valence electrons. The van der Waals surface area contributed by atoms with E-state index >= 15 is 0 Å². The number of nitrogens with one attached hydrogen (secondary N) is 1. The number of benzene rings is 1. The first-order chi connectivity index (χ1) is 11.2. The van der Waals surface area contributed by atoms with Crippen molar-refractivity contribution in [1.29, 1.82) is 5.26 Å². The Morgan fingerprint density at radius 3 is 2.78 bits per heavy atom. The molecule has 2 aromatic rings. The molecule has 0 aliphatic heterocycles. The van der Waals surface area contributed by atoms with Crippen LogP contribution in [-0.4, -0.2) is 26.8 Å². The predicted octanol–water partition coefficient (Wildman–Crippen LogP) is 2.76. The number of aliphatic carboxylic acids is 1. The summed E-state index contributed by atoms with van der Waals surface area (Å²) in [5.41, 5.74) is 3.52. The van der Waals surface area contributed by atoms with E-state index in [1.807, 2.05) is 12.1 Å². The molecular formula is C16H14N4O2S. The van der Waals surface area contributed by atoms with Gasteiger partial charge in [0, 0.05) is 11.3 Å². The second-order valence-electron chi connectivity index (χ2n) is 5.13. The zero-order chi connectivity index (χ0) is 16.2. The number of rotatable bonds is 5. The van der Waals surface area contributed by atoms with E-state index in [2.05, 4.69) is 21.4 Å². The van der Waals surface area contributed by atoms with Gasteiger partial charge in [0.15, 0.2) is 5.16 Å². The van der Waals surface area contributed by atoms with Gasteiger partial charge in [0.2, 0.25) is 0 Å². The third-order valence-corrected chi connectivity index (χ3v) is 4.35. The van der Waals surface area contributed by atoms with Gasteiger partial charge in [-0.2, -0.15) is 5.26 Å². The van der Waals surface area contributed by atoms with E-state index in [1.165, 1.54) is 0 Å². The van der Waals surface area contributed by atoms with Crippen LogP contribution in [0.2, 0.25) is 0 Å². The van der Waals surface area contributed by atoms with E-state index < -0.39 is 5.97 Å². The molecule has 1 aromatic heterocycles. The molecule has 0 fully saturated rings. The third kappa shape index (κ3) is 3.60. The molecule has 0 spiro atoms. The van der Waals surface area contributed by atoms with E-state index in [0.29, 0.717) is 10.7 Å². The molecule has 0 saturated carbocycles. The summed E-state index contributed by atoms with van der Waals surface area (Å²) in [5, 5.41) is 21.4. The highest BCUT2D eigenvalue weighted by molar-refractivity contribution is 7.99. The normalized spacial score (nSPS) is 12.5. The molecule has 0 bridgehead atoms. The van der Waals surface area contributed by atoms with Crippen LogP contribution in [0.1, 0.15) is 23.2 Å². The smallest absolute Gasteiger partial charge is 0.313 e. The Labute approximate surface area is 137 Å². The van der Waals surface area contributed by atoms with Gasteiger partial charge < -0.3 is 10.4 Å². The highest BCUT2D eigenvalue weighted by Gasteiger charge is 2.20. The lowest BCUT2D eigenvalue weighted by Gasteiger charge is -2.11. The quantitative estimate of drug-likeness (QED) is 0.644. The molecule has 0 radical (unpaired) electrons. The average molecular weight is 326 g/mol. The van der Waals surface area contributed by atoms with Crippen LogP contribution < -0.4 is 5.32 Å². The average Bonchev–Trinajstić information content (AvgIpc) is 3.02. The molecule has 7 heteroatoms. The minimum atomic E-state index is -0.888. The van der Waals surface area contributed by atoms with Crippen molar-refractivity contribution in [3.63, 3.8) is 0 Å². The summed E-state index contributed by atoms with van der Waals surface area (Å²) in [6.45, 7) is 0. The van der Waals surface area contributed by atoms with Crippen LogP contribution in [0.25, 0.3) is 0 Å². The number of carboxylic acid groups (broad SMARTS) is 1. The number of nitriles is 1. The number of hydrogen-bond acceptors (Lipinski definition) is 6. The Morgan fingerprint density at radius 1 is 1.30 bits per heavy atom. The monoisotopic (exact) mass is 326 g/mol. The molecule has 1 aliphatic carbocycles. The number of thioether (sulfide) groups is 1. The third-order valence-electron chi connectivity index (χ3n) is 3.51. The van der Waals surface area contributed by atoms with Gasteiger partial charge in [-0.25, -0.2) is 9.97 Å². The van der Waals surface area contributed by atoms with Gasteiger partial charge in [-0.15, -0.1) is 0 Å². The van der Waals surface area contributed by atoms with Crippen LogP contribution >= 0.6 is 11.8 Å². The maximum atomic E-state index is 10.7. The van der Waals surface area contributed by atoms with Crippen molar-refractivity contribution in [2.45, 2.75) is 24.4 Å². The highest BCUT2D eigenvalue weighted by atomic mass is 32.2. The fourth-order valence-corrected chi connectivity index (χ4v) is 3.05. The minimum Gasteiger partial charge on any atom is -0.481 e. The maximum Gasteiger partial charge on any atom is 0.313 e. The van der Waals surface area contributed by atoms with Gasteiger partial charge >= 0.3 is 5.97 Å². The first kappa shape index (κ1) is 15.3. The molecule has 0 amide bonds. The van der Waals surface area contributed by atoms with Crippen molar-refractivity contribution in [2.24, 2.45) is 0 Å². The van der Waals surface area contributed by atoms with Crippen LogP contribution in [-0.2, 0) is 17.6 Å². The maximum absolute atomic E-state index is 10.7. The highest BCUT2D eigenvalue weighted by Crippen LogP contribution is 2.30. The molecule has 1 aliphatic rings. The summed E-state index contributed by atoms with van der Waals surface area (Å²) < 4.78 is 0. The predicted molar refractivity (Wildman–Crippen MR) is 86.9 cm³/mol. The van der Waals surface area contributed by atoms with Gasteiger partial charge in [0.05, 0.1) is 23.1 Å². The molecule has 0 unspecified atom stereocenters. The first-order valence-electron chi connectivity index (χ1n) is 7.17. The first-order valence-corrected chi connectivity index (χ1v) is 8.16. The molecule has 0 atom stereocenters. The van der Waals surface area contributed by atoms with Crippen molar-refractivity contribution in [2.75, 3.05) is 11.1 Å². The summed E-state index contributed by atoms with van der Waals surface area (Å²) in [4.78, 5) is 19.7. The van der Waals surface area contributed by atoms with E-state index in [1.54, 1.807) is 12.1 Å². The Kier molecular flexibility index (Phi) is 4.44. The number of fused-ring (bicyclic) bond motifs is 1. The number of carbonyl (C=O) groups is 1. The van der Waals surface area contributed by atoms with Crippen LogP contribution in [0, 0.1) is 11.3 Å². The Hall–Kier alpha value is -2.59. The van der Waals surface area contributed by atoms with Crippen LogP contribution in [0.5, 0.6) is 0 Å². The van der Waals surface area contributed by atoms with Crippen molar-refractivity contribution in [3.8, 4) is 6.07 Å². The Bertz CT molecular complexity index is 784. The Balaban J connectivity index is 1.87. The van der Waals surface area contributed by atoms with E-state index in [-0.39, 0.29) is 5.75 Å². The second kappa shape index (κ2) is 6.67. The van der Waals surface area contributed by atoms with Gasteiger partial charge in [0.1, 0.15) is 5.82 Å². The number of anilines is 2. The number of aromatic nitrogens is 2. The summed E-state index contributed by atoms with van der Waals surface area (Å²) in [7, 11) is 0. The molecule has 1 heterocycles. The fourth-order valence-electron chi connectivity index (χ4n) is 2.47. The summed E-state index contributed by atoms with van der Waals surface area (Å²) in [5.74, 6) is -0.222. The molecule has 3 rings (SSSR count). The molecular weight excluding hydrogens is 312 g/mol. The van der Waals surface area contributed by atoms with Crippen molar-refractivity contribution < 1.29 is 9.90 Å². The Morgan fingerprint density at radius 2 is 2.09 bits per heavy atom. The van der Waals surface area contributed by atoms with Crippen molar-refractivity contribution in [1.82, 2.24) is 9.97 Å². The lowest BCUT2D eigenvalue weighted by atomic mass is 10.2. The number of hydrogen-bond donors (Lipinski definition) is 2. The zero-order valence-electron chi connectivity index (χ0n) is 12.2. The van der Waals surface area contributed by atoms with Crippen LogP contribution in [0.15, 0.2) is 29.4 Å². The second-order valence-corrected chi connectivity index (χ2v) is 6.07. The van der Waals surface area contributed by atoms with Gasteiger partial charge in [-0.3, -0.25) is 4.79 Å². The minimum absolute atomic E-state index is 0.0604. The number of nitrogens with zero attached hydrogens (tertiary/aromatic N) is 3. The molecule has 0 saturated heterocycles. The van der Waals surface area contributed by atoms with E-state index in [4.69, 9.17) is 10.4 Å². The summed E-state index contributed by atoms with van der Waals surface area (Å²) in [6.07, 6.45) is 2.83. The standard InChI is InChI=1S/C16H14N4O2S/c17-8-10-4-6-11(7-5-10)18-15-12-2-1-3-13(12)19-16(20-15)23-9-14(21)22/h4-7H,1-3,9H2,(H,21,22)(H,18,19,20). The van der Waals surface area contributed by atoms with Crippen LogP contribution in [0.4, 0.5) is 11.5 Å². The summed E-state index contributed by atoms with van der Waals surface area (Å²) >= 11 is 1.12. The summed E-state index contributed by atoms with van der Waals surface area (Å²) in [6, 6.07) is 9.21. The van der Waals surface area contributed by atoms with Crippen molar-refractivity contribution >= 4 is 29.2 Å². The zero-order valence-corrected chi connectivity index (χ0v) is 13.1. The SMILES string of the molecule is N#Cc1ccc(Nc2nc(SCC(=O)O)nc3c2CCC3)cc1. The van der Waals surface area contributed by atoms with Crippen LogP contribution in [0.3, 0.4) is 0 Å². The van der Waals surface area contributed by atoms with Crippen molar-refractivity contribution in [3.05, 3.63) is 41.1 Å². The van der Waals surface area contributed by atoms with Gasteiger partial charge in [0.25, 0.3) is 0 Å². The topological polar surface area (TPSA) is 98.9 Å². The lowest BCUT2D eigenvalue weighted by molar-refractivity contribution is -0.133. The fraction of sp³-hybridized carbons (Fsp3) is 0.250. The number of aryl methyl sites for hydroxylation is 1. The van der Waals surface area contributed by atoms with E-state index in [9.17, 15) is 4.79 Å². The number of carboxylic acids is 1.